The van der Waals surface area contributed by atoms with Crippen LogP contribution in [-0.2, 0) is 11.2 Å². The summed E-state index contributed by atoms with van der Waals surface area (Å²) in [4.78, 5) is 15.7. The number of rotatable bonds is 4. The Hall–Kier alpha value is -2.24. The SMILES string of the molecule is CCOC(=O)c1oc(-c2cc(F)ccc2F)nc1CC. The molecule has 0 aliphatic heterocycles. The van der Waals surface area contributed by atoms with Crippen LogP contribution in [0.15, 0.2) is 22.6 Å². The van der Waals surface area contributed by atoms with Gasteiger partial charge in [-0.3, -0.25) is 0 Å². The number of ether oxygens (including phenoxy) is 1. The molecule has 0 N–H and O–H groups in total. The fourth-order valence-corrected chi connectivity index (χ4v) is 1.72. The number of halogens is 2. The van der Waals surface area contributed by atoms with Gasteiger partial charge in [0, 0.05) is 0 Å². The predicted octanol–water partition coefficient (Wildman–Crippen LogP) is 3.36. The number of aryl methyl sites for hydroxylation is 1. The van der Waals surface area contributed by atoms with Crippen molar-refractivity contribution in [2.75, 3.05) is 6.61 Å². The quantitative estimate of drug-likeness (QED) is 0.806. The first kappa shape index (κ1) is 14.2. The average Bonchev–Trinajstić information content (AvgIpc) is 2.86. The predicted molar refractivity (Wildman–Crippen MR) is 67.2 cm³/mol. The molecule has 1 heterocycles. The minimum Gasteiger partial charge on any atom is -0.460 e. The largest absolute Gasteiger partial charge is 0.460 e. The Labute approximate surface area is 114 Å². The Bertz CT molecular complexity index is 637. The van der Waals surface area contributed by atoms with Crippen molar-refractivity contribution in [3.8, 4) is 11.5 Å². The van der Waals surface area contributed by atoms with Gasteiger partial charge in [-0.25, -0.2) is 18.6 Å². The Kier molecular flexibility index (Phi) is 4.12. The third-order valence-electron chi connectivity index (χ3n) is 2.65. The number of carbonyl (C=O) groups is 1. The van der Waals surface area contributed by atoms with E-state index in [-0.39, 0.29) is 23.8 Å². The van der Waals surface area contributed by atoms with Gasteiger partial charge in [0.1, 0.15) is 11.6 Å². The summed E-state index contributed by atoms with van der Waals surface area (Å²) in [5, 5.41) is 0. The zero-order valence-corrected chi connectivity index (χ0v) is 11.1. The summed E-state index contributed by atoms with van der Waals surface area (Å²) in [5.41, 5.74) is 0.220. The molecular formula is C14H13F2NO3. The molecular weight excluding hydrogens is 268 g/mol. The molecule has 0 atom stereocenters. The van der Waals surface area contributed by atoms with Crippen LogP contribution in [0.5, 0.6) is 0 Å². The first-order chi connectivity index (χ1) is 9.56. The second kappa shape index (κ2) is 5.81. The second-order valence-corrected chi connectivity index (χ2v) is 3.99. The van der Waals surface area contributed by atoms with Crippen LogP contribution < -0.4 is 0 Å². The van der Waals surface area contributed by atoms with Crippen LogP contribution >= 0.6 is 0 Å². The van der Waals surface area contributed by atoms with Crippen molar-refractivity contribution in [2.45, 2.75) is 20.3 Å². The van der Waals surface area contributed by atoms with Crippen molar-refractivity contribution >= 4 is 5.97 Å². The lowest BCUT2D eigenvalue weighted by Gasteiger charge is -1.99. The van der Waals surface area contributed by atoms with Gasteiger partial charge in [-0.1, -0.05) is 6.92 Å². The third kappa shape index (κ3) is 2.68. The van der Waals surface area contributed by atoms with E-state index in [9.17, 15) is 13.6 Å². The second-order valence-electron chi connectivity index (χ2n) is 3.99. The summed E-state index contributed by atoms with van der Waals surface area (Å²) >= 11 is 0. The molecule has 0 saturated heterocycles. The fourth-order valence-electron chi connectivity index (χ4n) is 1.72. The van der Waals surface area contributed by atoms with Crippen molar-refractivity contribution in [3.05, 3.63) is 41.3 Å². The van der Waals surface area contributed by atoms with E-state index < -0.39 is 17.6 Å². The highest BCUT2D eigenvalue weighted by molar-refractivity contribution is 5.88. The summed E-state index contributed by atoms with van der Waals surface area (Å²) in [5.74, 6) is -2.17. The molecule has 2 aromatic rings. The maximum atomic E-state index is 13.7. The molecule has 106 valence electrons. The number of carbonyl (C=O) groups excluding carboxylic acids is 1. The lowest BCUT2D eigenvalue weighted by Crippen LogP contribution is -2.05. The van der Waals surface area contributed by atoms with E-state index >= 15 is 0 Å². The first-order valence-electron chi connectivity index (χ1n) is 6.19. The highest BCUT2D eigenvalue weighted by Crippen LogP contribution is 2.26. The van der Waals surface area contributed by atoms with Crippen LogP contribution in [0.3, 0.4) is 0 Å². The van der Waals surface area contributed by atoms with Gasteiger partial charge >= 0.3 is 5.97 Å². The van der Waals surface area contributed by atoms with Gasteiger partial charge < -0.3 is 9.15 Å². The van der Waals surface area contributed by atoms with Crippen molar-refractivity contribution < 1.29 is 22.7 Å². The zero-order valence-electron chi connectivity index (χ0n) is 11.1. The summed E-state index contributed by atoms with van der Waals surface area (Å²) in [6.07, 6.45) is 0.411. The highest BCUT2D eigenvalue weighted by Gasteiger charge is 2.22. The van der Waals surface area contributed by atoms with Gasteiger partial charge in [-0.05, 0) is 31.5 Å². The smallest absolute Gasteiger partial charge is 0.376 e. The molecule has 0 aliphatic rings. The topological polar surface area (TPSA) is 52.3 Å². The van der Waals surface area contributed by atoms with Gasteiger partial charge in [0.2, 0.25) is 11.7 Å². The number of nitrogens with zero attached hydrogens (tertiary/aromatic N) is 1. The van der Waals surface area contributed by atoms with E-state index in [2.05, 4.69) is 4.98 Å². The van der Waals surface area contributed by atoms with Gasteiger partial charge in [-0.15, -0.1) is 0 Å². The van der Waals surface area contributed by atoms with Crippen LogP contribution in [0, 0.1) is 11.6 Å². The number of hydrogen-bond acceptors (Lipinski definition) is 4. The lowest BCUT2D eigenvalue weighted by molar-refractivity contribution is 0.0489. The number of benzene rings is 1. The Morgan fingerprint density at radius 3 is 2.75 bits per heavy atom. The summed E-state index contributed by atoms with van der Waals surface area (Å²) in [6, 6.07) is 2.94. The summed E-state index contributed by atoms with van der Waals surface area (Å²) < 4.78 is 36.9. The van der Waals surface area contributed by atoms with Gasteiger partial charge in [-0.2, -0.15) is 0 Å². The Balaban J connectivity index is 2.48. The van der Waals surface area contributed by atoms with E-state index in [4.69, 9.17) is 9.15 Å². The fraction of sp³-hybridized carbons (Fsp3) is 0.286. The molecule has 2 rings (SSSR count). The molecule has 4 nitrogen and oxygen atoms in total. The zero-order chi connectivity index (χ0) is 14.7. The number of hydrogen-bond donors (Lipinski definition) is 0. The normalized spacial score (nSPS) is 10.6. The monoisotopic (exact) mass is 281 g/mol. The van der Waals surface area contributed by atoms with Crippen molar-refractivity contribution in [1.29, 1.82) is 0 Å². The molecule has 6 heteroatoms. The molecule has 0 unspecified atom stereocenters. The van der Waals surface area contributed by atoms with Crippen molar-refractivity contribution in [2.24, 2.45) is 0 Å². The average molecular weight is 281 g/mol. The Morgan fingerprint density at radius 1 is 1.35 bits per heavy atom. The number of oxazole rings is 1. The van der Waals surface area contributed by atoms with E-state index in [1.807, 2.05) is 0 Å². The molecule has 0 fully saturated rings. The minimum absolute atomic E-state index is 0.0759. The van der Waals surface area contributed by atoms with E-state index in [0.717, 1.165) is 18.2 Å². The molecule has 20 heavy (non-hydrogen) atoms. The van der Waals surface area contributed by atoms with E-state index in [1.165, 1.54) is 0 Å². The molecule has 1 aromatic heterocycles. The van der Waals surface area contributed by atoms with Crippen molar-refractivity contribution in [1.82, 2.24) is 4.98 Å². The standard InChI is InChI=1S/C14H13F2NO3/c1-3-11-12(14(18)19-4-2)20-13(17-11)9-7-8(15)5-6-10(9)16/h5-7H,3-4H2,1-2H3. The van der Waals surface area contributed by atoms with Gasteiger partial charge in [0.05, 0.1) is 17.9 Å². The number of aromatic nitrogens is 1. The van der Waals surface area contributed by atoms with Crippen LogP contribution in [0.2, 0.25) is 0 Å². The molecule has 0 radical (unpaired) electrons. The lowest BCUT2D eigenvalue weighted by atomic mass is 10.2. The summed E-state index contributed by atoms with van der Waals surface area (Å²) in [7, 11) is 0. The van der Waals surface area contributed by atoms with E-state index in [1.54, 1.807) is 13.8 Å². The van der Waals surface area contributed by atoms with Crippen LogP contribution in [0.1, 0.15) is 30.1 Å². The number of esters is 1. The molecule has 1 aromatic carbocycles. The van der Waals surface area contributed by atoms with Gasteiger partial charge in [0.25, 0.3) is 0 Å². The highest BCUT2D eigenvalue weighted by atomic mass is 19.1. The Morgan fingerprint density at radius 2 is 2.10 bits per heavy atom. The van der Waals surface area contributed by atoms with Crippen LogP contribution in [-0.4, -0.2) is 17.6 Å². The maximum absolute atomic E-state index is 13.7. The maximum Gasteiger partial charge on any atom is 0.376 e. The van der Waals surface area contributed by atoms with Crippen LogP contribution in [0.25, 0.3) is 11.5 Å². The van der Waals surface area contributed by atoms with Crippen LogP contribution in [0.4, 0.5) is 8.78 Å². The molecule has 0 saturated carbocycles. The summed E-state index contributed by atoms with van der Waals surface area (Å²) in [6.45, 7) is 3.62. The van der Waals surface area contributed by atoms with E-state index in [0.29, 0.717) is 12.1 Å². The molecule has 0 bridgehead atoms. The first-order valence-corrected chi connectivity index (χ1v) is 6.19. The third-order valence-corrected chi connectivity index (χ3v) is 2.65. The minimum atomic E-state index is -0.675. The molecule has 0 aliphatic carbocycles. The molecule has 0 spiro atoms. The van der Waals surface area contributed by atoms with Gasteiger partial charge in [0.15, 0.2) is 0 Å². The van der Waals surface area contributed by atoms with Crippen molar-refractivity contribution in [3.63, 3.8) is 0 Å². The molecule has 0 amide bonds.